The van der Waals surface area contributed by atoms with Crippen LogP contribution in [0, 0.1) is 3.57 Å². The molecule has 0 fully saturated rings. The molecule has 1 heterocycles. The highest BCUT2D eigenvalue weighted by Gasteiger charge is 2.02. The molecule has 0 saturated carbocycles. The second kappa shape index (κ2) is 3.78. The van der Waals surface area contributed by atoms with Gasteiger partial charge in [-0.25, -0.2) is 15.0 Å². The van der Waals surface area contributed by atoms with E-state index in [1.165, 1.54) is 12.7 Å². The van der Waals surface area contributed by atoms with Gasteiger partial charge in [-0.2, -0.15) is 0 Å². The molecule has 0 bridgehead atoms. The van der Waals surface area contributed by atoms with E-state index in [2.05, 4.69) is 37.5 Å². The van der Waals surface area contributed by atoms with Gasteiger partial charge >= 0.3 is 0 Å². The van der Waals surface area contributed by atoms with Crippen LogP contribution < -0.4 is 0 Å². The molecule has 13 heavy (non-hydrogen) atoms. The SMILES string of the molecule is Ic1ccccc1-c1ncncn1. The molecule has 0 unspecified atom stereocenters. The van der Waals surface area contributed by atoms with E-state index in [9.17, 15) is 0 Å². The minimum Gasteiger partial charge on any atom is -0.225 e. The van der Waals surface area contributed by atoms with Crippen LogP contribution in [-0.4, -0.2) is 15.0 Å². The minimum absolute atomic E-state index is 0.722. The summed E-state index contributed by atoms with van der Waals surface area (Å²) < 4.78 is 1.14. The molecule has 0 radical (unpaired) electrons. The predicted molar refractivity (Wildman–Crippen MR) is 58.0 cm³/mol. The molecule has 0 aliphatic carbocycles. The largest absolute Gasteiger partial charge is 0.225 e. The molecule has 0 saturated heterocycles. The van der Waals surface area contributed by atoms with Crippen molar-refractivity contribution in [1.82, 2.24) is 15.0 Å². The molecule has 1 aromatic heterocycles. The molecule has 0 aliphatic rings. The molecule has 3 nitrogen and oxygen atoms in total. The van der Waals surface area contributed by atoms with Crippen molar-refractivity contribution in [1.29, 1.82) is 0 Å². The van der Waals surface area contributed by atoms with Crippen molar-refractivity contribution in [3.05, 3.63) is 40.5 Å². The normalized spacial score (nSPS) is 9.92. The smallest absolute Gasteiger partial charge is 0.163 e. The van der Waals surface area contributed by atoms with Crippen molar-refractivity contribution < 1.29 is 0 Å². The molecule has 64 valence electrons. The lowest BCUT2D eigenvalue weighted by Crippen LogP contribution is -1.90. The van der Waals surface area contributed by atoms with Gasteiger partial charge in [-0.05, 0) is 28.7 Å². The standard InChI is InChI=1S/C9H6IN3/c10-8-4-2-1-3-7(8)9-12-5-11-6-13-9/h1-6H. The van der Waals surface area contributed by atoms with Crippen LogP contribution in [0.5, 0.6) is 0 Å². The third-order valence-corrected chi connectivity index (χ3v) is 2.55. The fourth-order valence-electron chi connectivity index (χ4n) is 1.02. The fourth-order valence-corrected chi connectivity index (χ4v) is 1.65. The highest BCUT2D eigenvalue weighted by atomic mass is 127. The van der Waals surface area contributed by atoms with Crippen LogP contribution >= 0.6 is 22.6 Å². The quantitative estimate of drug-likeness (QED) is 0.753. The first-order valence-electron chi connectivity index (χ1n) is 3.75. The number of rotatable bonds is 1. The summed E-state index contributed by atoms with van der Waals surface area (Å²) in [6.45, 7) is 0. The number of halogens is 1. The van der Waals surface area contributed by atoms with E-state index in [4.69, 9.17) is 0 Å². The van der Waals surface area contributed by atoms with Crippen molar-refractivity contribution >= 4 is 22.6 Å². The van der Waals surface area contributed by atoms with Gasteiger partial charge < -0.3 is 0 Å². The summed E-state index contributed by atoms with van der Waals surface area (Å²) >= 11 is 2.26. The molecule has 0 atom stereocenters. The summed E-state index contributed by atoms with van der Waals surface area (Å²) in [6, 6.07) is 7.99. The highest BCUT2D eigenvalue weighted by Crippen LogP contribution is 2.20. The Morgan fingerprint density at radius 1 is 1.00 bits per heavy atom. The third kappa shape index (κ3) is 1.82. The van der Waals surface area contributed by atoms with Gasteiger partial charge in [-0.1, -0.05) is 18.2 Å². The molecule has 2 rings (SSSR count). The maximum atomic E-state index is 4.08. The van der Waals surface area contributed by atoms with Gasteiger partial charge in [0.1, 0.15) is 12.7 Å². The van der Waals surface area contributed by atoms with Gasteiger partial charge in [0.05, 0.1) is 0 Å². The number of nitrogens with zero attached hydrogens (tertiary/aromatic N) is 3. The maximum Gasteiger partial charge on any atom is 0.163 e. The molecule has 1 aromatic carbocycles. The molecular weight excluding hydrogens is 277 g/mol. The zero-order valence-corrected chi connectivity index (χ0v) is 8.84. The van der Waals surface area contributed by atoms with Crippen molar-refractivity contribution in [2.24, 2.45) is 0 Å². The van der Waals surface area contributed by atoms with Gasteiger partial charge in [0.25, 0.3) is 0 Å². The van der Waals surface area contributed by atoms with E-state index in [1.54, 1.807) is 0 Å². The molecule has 4 heteroatoms. The lowest BCUT2D eigenvalue weighted by Gasteiger charge is -2.00. The third-order valence-electron chi connectivity index (χ3n) is 1.61. The van der Waals surface area contributed by atoms with Gasteiger partial charge in [0.15, 0.2) is 5.82 Å². The van der Waals surface area contributed by atoms with E-state index >= 15 is 0 Å². The first-order valence-corrected chi connectivity index (χ1v) is 4.83. The summed E-state index contributed by atoms with van der Waals surface area (Å²) in [5, 5.41) is 0. The first-order chi connectivity index (χ1) is 6.38. The lowest BCUT2D eigenvalue weighted by molar-refractivity contribution is 1.05. The minimum atomic E-state index is 0.722. The Kier molecular flexibility index (Phi) is 2.49. The number of hydrogen-bond donors (Lipinski definition) is 0. The van der Waals surface area contributed by atoms with Crippen LogP contribution in [-0.2, 0) is 0 Å². The average molecular weight is 283 g/mol. The van der Waals surface area contributed by atoms with Crippen LogP contribution in [0.15, 0.2) is 36.9 Å². The van der Waals surface area contributed by atoms with Crippen LogP contribution in [0.1, 0.15) is 0 Å². The Bertz CT molecular complexity index is 403. The monoisotopic (exact) mass is 283 g/mol. The summed E-state index contributed by atoms with van der Waals surface area (Å²) in [7, 11) is 0. The number of aromatic nitrogens is 3. The second-order valence-corrected chi connectivity index (χ2v) is 3.60. The zero-order valence-electron chi connectivity index (χ0n) is 6.68. The maximum absolute atomic E-state index is 4.08. The number of benzene rings is 1. The van der Waals surface area contributed by atoms with Crippen molar-refractivity contribution in [2.75, 3.05) is 0 Å². The molecule has 0 aliphatic heterocycles. The van der Waals surface area contributed by atoms with Crippen molar-refractivity contribution in [2.45, 2.75) is 0 Å². The van der Waals surface area contributed by atoms with Crippen LogP contribution in [0.25, 0.3) is 11.4 Å². The van der Waals surface area contributed by atoms with Crippen LogP contribution in [0.3, 0.4) is 0 Å². The number of hydrogen-bond acceptors (Lipinski definition) is 3. The molecule has 0 N–H and O–H groups in total. The van der Waals surface area contributed by atoms with Crippen molar-refractivity contribution in [3.63, 3.8) is 0 Å². The van der Waals surface area contributed by atoms with E-state index in [0.717, 1.165) is 15.0 Å². The lowest BCUT2D eigenvalue weighted by atomic mass is 10.2. The average Bonchev–Trinajstić information content (AvgIpc) is 2.20. The highest BCUT2D eigenvalue weighted by molar-refractivity contribution is 14.1. The van der Waals surface area contributed by atoms with Crippen LogP contribution in [0.4, 0.5) is 0 Å². The Morgan fingerprint density at radius 3 is 2.38 bits per heavy atom. The predicted octanol–water partition coefficient (Wildman–Crippen LogP) is 2.14. The zero-order chi connectivity index (χ0) is 9.10. The van der Waals surface area contributed by atoms with Gasteiger partial charge in [0, 0.05) is 9.13 Å². The van der Waals surface area contributed by atoms with E-state index in [0.29, 0.717) is 0 Å². The van der Waals surface area contributed by atoms with E-state index in [1.807, 2.05) is 24.3 Å². The fraction of sp³-hybridized carbons (Fsp3) is 0. The molecule has 0 amide bonds. The van der Waals surface area contributed by atoms with E-state index in [-0.39, 0.29) is 0 Å². The molecular formula is C9H6IN3. The summed E-state index contributed by atoms with van der Waals surface area (Å²) in [5.41, 5.74) is 1.05. The van der Waals surface area contributed by atoms with Gasteiger partial charge in [-0.3, -0.25) is 0 Å². The first kappa shape index (κ1) is 8.55. The summed E-state index contributed by atoms with van der Waals surface area (Å²) in [4.78, 5) is 11.9. The summed E-state index contributed by atoms with van der Waals surface area (Å²) in [6.07, 6.45) is 3.01. The molecule has 2 aromatic rings. The Labute approximate surface area is 89.4 Å². The van der Waals surface area contributed by atoms with Gasteiger partial charge in [-0.15, -0.1) is 0 Å². The second-order valence-electron chi connectivity index (χ2n) is 2.44. The van der Waals surface area contributed by atoms with Crippen LogP contribution in [0.2, 0.25) is 0 Å². The Morgan fingerprint density at radius 2 is 1.69 bits per heavy atom. The topological polar surface area (TPSA) is 38.7 Å². The Hall–Kier alpha value is -1.04. The Balaban J connectivity index is 2.54. The molecule has 0 spiro atoms. The van der Waals surface area contributed by atoms with E-state index < -0.39 is 0 Å². The van der Waals surface area contributed by atoms with Crippen molar-refractivity contribution in [3.8, 4) is 11.4 Å². The van der Waals surface area contributed by atoms with Gasteiger partial charge in [0.2, 0.25) is 0 Å². The summed E-state index contributed by atoms with van der Waals surface area (Å²) in [5.74, 6) is 0.722.